The van der Waals surface area contributed by atoms with Gasteiger partial charge < -0.3 is 19.0 Å². The Kier molecular flexibility index (Phi) is 3.35. The number of rotatable bonds is 3. The number of esters is 1. The van der Waals surface area contributed by atoms with Crippen molar-refractivity contribution in [2.75, 3.05) is 6.61 Å². The molecule has 2 aliphatic heterocycles. The van der Waals surface area contributed by atoms with Crippen molar-refractivity contribution in [3.8, 4) is 0 Å². The molecule has 2 heterocycles. The number of hydrogen-bond acceptors (Lipinski definition) is 5. The summed E-state index contributed by atoms with van der Waals surface area (Å²) in [5, 5.41) is 0. The standard InChI is InChI=1S/C13H18O5/c14-7-9-8-5-12(15)17-10(8)6-11(9)18-13-3-1-2-4-16-13/h7-11,13H,1-6H2/t8?,9-,10+,11-,13?/m1/s1. The van der Waals surface area contributed by atoms with E-state index in [-0.39, 0.29) is 36.3 Å². The van der Waals surface area contributed by atoms with Crippen LogP contribution in [-0.2, 0) is 23.8 Å². The Morgan fingerprint density at radius 3 is 2.94 bits per heavy atom. The first kappa shape index (κ1) is 12.1. The highest BCUT2D eigenvalue weighted by atomic mass is 16.7. The topological polar surface area (TPSA) is 61.8 Å². The number of ether oxygens (including phenoxy) is 3. The van der Waals surface area contributed by atoms with Gasteiger partial charge in [-0.25, -0.2) is 0 Å². The van der Waals surface area contributed by atoms with Crippen LogP contribution in [0.5, 0.6) is 0 Å². The lowest BCUT2D eigenvalue weighted by Gasteiger charge is -2.27. The number of hydrogen-bond donors (Lipinski definition) is 0. The molecule has 0 radical (unpaired) electrons. The Balaban J connectivity index is 1.62. The molecule has 0 N–H and O–H groups in total. The highest BCUT2D eigenvalue weighted by Gasteiger charge is 2.51. The lowest BCUT2D eigenvalue weighted by molar-refractivity contribution is -0.195. The van der Waals surface area contributed by atoms with Crippen molar-refractivity contribution in [1.82, 2.24) is 0 Å². The molecule has 100 valence electrons. The smallest absolute Gasteiger partial charge is 0.306 e. The summed E-state index contributed by atoms with van der Waals surface area (Å²) >= 11 is 0. The third-order valence-corrected chi connectivity index (χ3v) is 4.17. The van der Waals surface area contributed by atoms with Crippen molar-refractivity contribution < 1.29 is 23.8 Å². The number of fused-ring (bicyclic) bond motifs is 1. The van der Waals surface area contributed by atoms with Gasteiger partial charge in [-0.15, -0.1) is 0 Å². The van der Waals surface area contributed by atoms with Gasteiger partial charge in [-0.2, -0.15) is 0 Å². The second kappa shape index (κ2) is 4.97. The summed E-state index contributed by atoms with van der Waals surface area (Å²) < 4.78 is 16.6. The van der Waals surface area contributed by atoms with Gasteiger partial charge in [0.1, 0.15) is 12.4 Å². The second-order valence-corrected chi connectivity index (χ2v) is 5.32. The molecule has 0 aromatic carbocycles. The van der Waals surface area contributed by atoms with Gasteiger partial charge >= 0.3 is 5.97 Å². The molecule has 5 heteroatoms. The quantitative estimate of drug-likeness (QED) is 0.556. The molecule has 5 nitrogen and oxygen atoms in total. The fourth-order valence-electron chi connectivity index (χ4n) is 3.25. The number of aldehydes is 1. The molecule has 3 rings (SSSR count). The van der Waals surface area contributed by atoms with Crippen LogP contribution >= 0.6 is 0 Å². The van der Waals surface area contributed by atoms with Crippen molar-refractivity contribution in [3.63, 3.8) is 0 Å². The van der Waals surface area contributed by atoms with E-state index in [1.165, 1.54) is 0 Å². The van der Waals surface area contributed by atoms with Crippen LogP contribution in [0.4, 0.5) is 0 Å². The van der Waals surface area contributed by atoms with Crippen LogP contribution in [0.15, 0.2) is 0 Å². The van der Waals surface area contributed by atoms with E-state index in [0.717, 1.165) is 32.2 Å². The molecule has 3 fully saturated rings. The highest BCUT2D eigenvalue weighted by Crippen LogP contribution is 2.42. The maximum Gasteiger partial charge on any atom is 0.306 e. The van der Waals surface area contributed by atoms with Gasteiger partial charge in [0, 0.05) is 24.9 Å². The van der Waals surface area contributed by atoms with Crippen molar-refractivity contribution >= 4 is 12.3 Å². The van der Waals surface area contributed by atoms with E-state index < -0.39 is 0 Å². The minimum Gasteiger partial charge on any atom is -0.462 e. The predicted octanol–water partition coefficient (Wildman–Crippen LogP) is 1.05. The Morgan fingerprint density at radius 1 is 1.33 bits per heavy atom. The molecule has 2 saturated heterocycles. The minimum absolute atomic E-state index is 0.00332. The summed E-state index contributed by atoms with van der Waals surface area (Å²) in [4.78, 5) is 22.4. The molecule has 2 unspecified atom stereocenters. The van der Waals surface area contributed by atoms with Gasteiger partial charge in [0.05, 0.1) is 12.5 Å². The zero-order valence-corrected chi connectivity index (χ0v) is 10.2. The molecule has 3 aliphatic rings. The third-order valence-electron chi connectivity index (χ3n) is 4.17. The van der Waals surface area contributed by atoms with Crippen LogP contribution in [0.3, 0.4) is 0 Å². The van der Waals surface area contributed by atoms with Gasteiger partial charge in [0.25, 0.3) is 0 Å². The van der Waals surface area contributed by atoms with Crippen molar-refractivity contribution in [1.29, 1.82) is 0 Å². The third kappa shape index (κ3) is 2.17. The molecule has 0 bridgehead atoms. The maximum atomic E-state index is 11.2. The average Bonchev–Trinajstić information content (AvgIpc) is 2.85. The molecule has 0 spiro atoms. The molecular weight excluding hydrogens is 236 g/mol. The van der Waals surface area contributed by atoms with Crippen molar-refractivity contribution in [3.05, 3.63) is 0 Å². The van der Waals surface area contributed by atoms with E-state index in [1.807, 2.05) is 0 Å². The van der Waals surface area contributed by atoms with E-state index in [4.69, 9.17) is 14.2 Å². The molecule has 0 aromatic rings. The van der Waals surface area contributed by atoms with E-state index >= 15 is 0 Å². The van der Waals surface area contributed by atoms with Crippen LogP contribution in [0.2, 0.25) is 0 Å². The first-order valence-corrected chi connectivity index (χ1v) is 6.70. The molecular formula is C13H18O5. The summed E-state index contributed by atoms with van der Waals surface area (Å²) in [6.45, 7) is 0.727. The zero-order chi connectivity index (χ0) is 12.5. The second-order valence-electron chi connectivity index (χ2n) is 5.32. The van der Waals surface area contributed by atoms with E-state index in [9.17, 15) is 9.59 Å². The van der Waals surface area contributed by atoms with Gasteiger partial charge in [-0.1, -0.05) is 0 Å². The fourth-order valence-corrected chi connectivity index (χ4v) is 3.25. The van der Waals surface area contributed by atoms with Gasteiger partial charge in [-0.3, -0.25) is 4.79 Å². The summed E-state index contributed by atoms with van der Waals surface area (Å²) in [6, 6.07) is 0. The van der Waals surface area contributed by atoms with Crippen LogP contribution in [0.25, 0.3) is 0 Å². The van der Waals surface area contributed by atoms with Crippen LogP contribution < -0.4 is 0 Å². The van der Waals surface area contributed by atoms with Crippen LogP contribution in [0, 0.1) is 11.8 Å². The number of carbonyl (C=O) groups excluding carboxylic acids is 2. The molecule has 18 heavy (non-hydrogen) atoms. The lowest BCUT2D eigenvalue weighted by Crippen LogP contribution is -2.32. The Bertz CT molecular complexity index is 336. The molecule has 0 aromatic heterocycles. The Morgan fingerprint density at radius 2 is 2.22 bits per heavy atom. The monoisotopic (exact) mass is 254 g/mol. The van der Waals surface area contributed by atoms with E-state index in [2.05, 4.69) is 0 Å². The first-order valence-electron chi connectivity index (χ1n) is 6.70. The number of carbonyl (C=O) groups is 2. The van der Waals surface area contributed by atoms with Gasteiger partial charge in [-0.05, 0) is 19.3 Å². The summed E-state index contributed by atoms with van der Waals surface area (Å²) in [5.41, 5.74) is 0. The minimum atomic E-state index is -0.230. The maximum absolute atomic E-state index is 11.2. The lowest BCUT2D eigenvalue weighted by atomic mass is 9.93. The van der Waals surface area contributed by atoms with E-state index in [1.54, 1.807) is 0 Å². The molecule has 0 amide bonds. The SMILES string of the molecule is O=C[C@@H]1C2CC(=O)O[C@H]2C[C@H]1OC1CCCCO1. The first-order chi connectivity index (χ1) is 8.78. The highest BCUT2D eigenvalue weighted by molar-refractivity contribution is 5.74. The van der Waals surface area contributed by atoms with E-state index in [0.29, 0.717) is 12.8 Å². The molecule has 5 atom stereocenters. The van der Waals surface area contributed by atoms with Crippen LogP contribution in [0.1, 0.15) is 32.1 Å². The molecule has 1 aliphatic carbocycles. The Labute approximate surface area is 106 Å². The fraction of sp³-hybridized carbons (Fsp3) is 0.846. The van der Waals surface area contributed by atoms with Gasteiger partial charge in [0.2, 0.25) is 0 Å². The predicted molar refractivity (Wildman–Crippen MR) is 60.6 cm³/mol. The van der Waals surface area contributed by atoms with Crippen LogP contribution in [-0.4, -0.2) is 37.4 Å². The summed E-state index contributed by atoms with van der Waals surface area (Å²) in [7, 11) is 0. The zero-order valence-electron chi connectivity index (χ0n) is 10.2. The average molecular weight is 254 g/mol. The van der Waals surface area contributed by atoms with Gasteiger partial charge in [0.15, 0.2) is 6.29 Å². The Hall–Kier alpha value is -0.940. The van der Waals surface area contributed by atoms with Crippen molar-refractivity contribution in [2.45, 2.75) is 50.6 Å². The largest absolute Gasteiger partial charge is 0.462 e. The molecule has 1 saturated carbocycles. The summed E-state index contributed by atoms with van der Waals surface area (Å²) in [6.07, 6.45) is 4.46. The van der Waals surface area contributed by atoms with Crippen molar-refractivity contribution in [2.24, 2.45) is 11.8 Å². The summed E-state index contributed by atoms with van der Waals surface area (Å²) in [5.74, 6) is -0.417. The normalized spacial score (nSPS) is 43.6.